The molecule has 8 nitrogen and oxygen atoms in total. The van der Waals surface area contributed by atoms with Gasteiger partial charge in [-0.2, -0.15) is 14.6 Å². The lowest BCUT2D eigenvalue weighted by Crippen LogP contribution is -2.26. The van der Waals surface area contributed by atoms with Gasteiger partial charge in [0.15, 0.2) is 10.8 Å². The third kappa shape index (κ3) is 4.45. The number of rotatable bonds is 7. The maximum atomic E-state index is 12.5. The number of thioether (sulfide) groups is 1. The summed E-state index contributed by atoms with van der Waals surface area (Å²) in [4.78, 5) is 21.9. The first-order chi connectivity index (χ1) is 15.6. The van der Waals surface area contributed by atoms with E-state index in [4.69, 9.17) is 9.72 Å². The maximum Gasteiger partial charge on any atom is 0.251 e. The fourth-order valence-corrected chi connectivity index (χ4v) is 4.39. The molecule has 0 radical (unpaired) electrons. The Labute approximate surface area is 193 Å². The lowest BCUT2D eigenvalue weighted by Gasteiger charge is -2.22. The zero-order chi connectivity index (χ0) is 22.1. The molecule has 3 heterocycles. The van der Waals surface area contributed by atoms with Gasteiger partial charge in [0.25, 0.3) is 5.91 Å². The average molecular weight is 455 g/mol. The molecular formula is C23H30N6O2S. The summed E-state index contributed by atoms with van der Waals surface area (Å²) in [5.41, 5.74) is 4.33. The molecule has 1 saturated heterocycles. The molecule has 1 amide bonds. The summed E-state index contributed by atoms with van der Waals surface area (Å²) in [5.74, 6) is 1.27. The third-order valence-electron chi connectivity index (χ3n) is 6.11. The number of anilines is 1. The smallest absolute Gasteiger partial charge is 0.251 e. The number of aromatic nitrogens is 4. The summed E-state index contributed by atoms with van der Waals surface area (Å²) in [5, 5.41) is 11.8. The van der Waals surface area contributed by atoms with Crippen LogP contribution in [0.3, 0.4) is 0 Å². The average Bonchev–Trinajstić information content (AvgIpc) is 3.52. The Morgan fingerprint density at radius 3 is 2.78 bits per heavy atom. The summed E-state index contributed by atoms with van der Waals surface area (Å²) >= 11 is 1.51. The van der Waals surface area contributed by atoms with Crippen molar-refractivity contribution in [2.45, 2.75) is 43.8 Å². The van der Waals surface area contributed by atoms with Gasteiger partial charge in [0, 0.05) is 38.4 Å². The highest BCUT2D eigenvalue weighted by molar-refractivity contribution is 7.98. The van der Waals surface area contributed by atoms with E-state index in [1.165, 1.54) is 11.8 Å². The molecule has 2 aliphatic rings. The fourth-order valence-electron chi connectivity index (χ4n) is 4.03. The molecule has 5 rings (SSSR count). The Kier molecular flexibility index (Phi) is 6.01. The van der Waals surface area contributed by atoms with Crippen molar-refractivity contribution >= 4 is 29.3 Å². The van der Waals surface area contributed by atoms with E-state index in [0.29, 0.717) is 23.1 Å². The SMILES string of the molecule is CSc1nc(NCC2CCOCC2)n2ncc(-c3ccc(C(=O)NC4CC4)c(C)c3)c2n1.[HH]. The van der Waals surface area contributed by atoms with Gasteiger partial charge in [0.1, 0.15) is 0 Å². The van der Waals surface area contributed by atoms with Crippen LogP contribution < -0.4 is 10.6 Å². The van der Waals surface area contributed by atoms with Crippen molar-refractivity contribution in [3.8, 4) is 11.1 Å². The van der Waals surface area contributed by atoms with Crippen LogP contribution in [0.1, 0.15) is 43.0 Å². The minimum absolute atomic E-state index is 0. The first-order valence-electron chi connectivity index (χ1n) is 11.2. The molecule has 1 aromatic carbocycles. The summed E-state index contributed by atoms with van der Waals surface area (Å²) in [7, 11) is 0. The van der Waals surface area contributed by atoms with Crippen LogP contribution in [0.4, 0.5) is 5.95 Å². The minimum Gasteiger partial charge on any atom is -0.381 e. The van der Waals surface area contributed by atoms with Crippen molar-refractivity contribution in [2.75, 3.05) is 31.3 Å². The van der Waals surface area contributed by atoms with Gasteiger partial charge < -0.3 is 15.4 Å². The fraction of sp³-hybridized carbons (Fsp3) is 0.478. The summed E-state index contributed by atoms with van der Waals surface area (Å²) in [6.45, 7) is 4.45. The van der Waals surface area contributed by atoms with E-state index in [9.17, 15) is 4.79 Å². The second kappa shape index (κ2) is 9.07. The molecule has 2 aromatic heterocycles. The minimum atomic E-state index is 0. The van der Waals surface area contributed by atoms with Crippen molar-refractivity contribution in [3.05, 3.63) is 35.5 Å². The van der Waals surface area contributed by atoms with Gasteiger partial charge in [-0.25, -0.2) is 4.98 Å². The molecule has 0 bridgehead atoms. The number of ether oxygens (including phenoxy) is 1. The van der Waals surface area contributed by atoms with E-state index >= 15 is 0 Å². The van der Waals surface area contributed by atoms with Gasteiger partial charge in [-0.1, -0.05) is 23.9 Å². The second-order valence-corrected chi connectivity index (χ2v) is 9.32. The van der Waals surface area contributed by atoms with Gasteiger partial charge >= 0.3 is 0 Å². The molecule has 2 fully saturated rings. The highest BCUT2D eigenvalue weighted by Gasteiger charge is 2.24. The molecule has 9 heteroatoms. The molecule has 32 heavy (non-hydrogen) atoms. The van der Waals surface area contributed by atoms with E-state index < -0.39 is 0 Å². The van der Waals surface area contributed by atoms with Crippen LogP contribution in [0.15, 0.2) is 29.6 Å². The predicted molar refractivity (Wildman–Crippen MR) is 127 cm³/mol. The Hall–Kier alpha value is -2.65. The molecule has 1 aliphatic heterocycles. The molecule has 2 N–H and O–H groups in total. The Balaban J connectivity index is 0.00000259. The largest absolute Gasteiger partial charge is 0.381 e. The quantitative estimate of drug-likeness (QED) is 0.525. The maximum absolute atomic E-state index is 12.5. The highest BCUT2D eigenvalue weighted by Crippen LogP contribution is 2.29. The van der Waals surface area contributed by atoms with Crippen molar-refractivity contribution in [2.24, 2.45) is 5.92 Å². The van der Waals surface area contributed by atoms with Crippen LogP contribution >= 0.6 is 11.8 Å². The number of aryl methyl sites for hydroxylation is 1. The monoisotopic (exact) mass is 454 g/mol. The zero-order valence-corrected chi connectivity index (χ0v) is 19.2. The van der Waals surface area contributed by atoms with E-state index in [1.807, 2.05) is 37.6 Å². The van der Waals surface area contributed by atoms with Gasteiger partial charge in [0.2, 0.25) is 5.95 Å². The zero-order valence-electron chi connectivity index (χ0n) is 18.4. The van der Waals surface area contributed by atoms with Crippen LogP contribution in [0.5, 0.6) is 0 Å². The molecule has 0 unspecified atom stereocenters. The van der Waals surface area contributed by atoms with Crippen molar-refractivity contribution in [3.63, 3.8) is 0 Å². The van der Waals surface area contributed by atoms with Crippen LogP contribution in [-0.4, -0.2) is 57.5 Å². The van der Waals surface area contributed by atoms with Gasteiger partial charge in [-0.15, -0.1) is 0 Å². The molecule has 0 spiro atoms. The van der Waals surface area contributed by atoms with Crippen LogP contribution in [-0.2, 0) is 4.74 Å². The highest BCUT2D eigenvalue weighted by atomic mass is 32.2. The number of hydrogen-bond acceptors (Lipinski definition) is 7. The van der Waals surface area contributed by atoms with E-state index in [-0.39, 0.29) is 7.33 Å². The molecular weight excluding hydrogens is 424 g/mol. The Morgan fingerprint density at radius 2 is 2.06 bits per heavy atom. The lowest BCUT2D eigenvalue weighted by molar-refractivity contribution is 0.0699. The molecule has 0 atom stereocenters. The summed E-state index contributed by atoms with van der Waals surface area (Å²) in [6, 6.07) is 6.25. The predicted octanol–water partition coefficient (Wildman–Crippen LogP) is 3.80. The first kappa shape index (κ1) is 21.2. The molecule has 3 aromatic rings. The first-order valence-corrected chi connectivity index (χ1v) is 12.4. The number of nitrogens with zero attached hydrogens (tertiary/aromatic N) is 4. The van der Waals surface area contributed by atoms with Crippen LogP contribution in [0.2, 0.25) is 0 Å². The number of benzene rings is 1. The second-order valence-electron chi connectivity index (χ2n) is 8.54. The van der Waals surface area contributed by atoms with Gasteiger partial charge in [-0.05, 0) is 62.0 Å². The molecule has 1 aliphatic carbocycles. The normalized spacial score (nSPS) is 16.9. The van der Waals surface area contributed by atoms with Crippen molar-refractivity contribution in [1.82, 2.24) is 24.9 Å². The van der Waals surface area contributed by atoms with E-state index in [0.717, 1.165) is 73.3 Å². The van der Waals surface area contributed by atoms with E-state index in [1.54, 1.807) is 4.52 Å². The van der Waals surface area contributed by atoms with E-state index in [2.05, 4.69) is 20.7 Å². The standard InChI is InChI=1S/C23H28N6O2S.H2/c1-14-11-16(3-6-18(14)21(30)26-17-4-5-17)19-13-25-29-20(19)27-23(32-2)28-22(29)24-12-15-7-9-31-10-8-15;/h3,6,11,13,15,17H,4-5,7-10,12H2,1-2H3,(H,26,30)(H,24,27,28);1H. The number of nitrogens with one attached hydrogen (secondary N) is 2. The third-order valence-corrected chi connectivity index (χ3v) is 6.66. The molecule has 1 saturated carbocycles. The number of fused-ring (bicyclic) bond motifs is 1. The van der Waals surface area contributed by atoms with Crippen LogP contribution in [0.25, 0.3) is 16.8 Å². The summed E-state index contributed by atoms with van der Waals surface area (Å²) < 4.78 is 7.24. The Bertz CT molecular complexity index is 1140. The number of hydrogen-bond donors (Lipinski definition) is 2. The van der Waals surface area contributed by atoms with Crippen LogP contribution in [0, 0.1) is 12.8 Å². The van der Waals surface area contributed by atoms with Crippen molar-refractivity contribution < 1.29 is 11.0 Å². The lowest BCUT2D eigenvalue weighted by atomic mass is 10.0. The number of carbonyl (C=O) groups is 1. The summed E-state index contributed by atoms with van der Waals surface area (Å²) in [6.07, 6.45) is 8.07. The van der Waals surface area contributed by atoms with Gasteiger partial charge in [-0.3, -0.25) is 4.79 Å². The molecule has 170 valence electrons. The topological polar surface area (TPSA) is 93.4 Å². The number of carbonyl (C=O) groups excluding carboxylic acids is 1. The van der Waals surface area contributed by atoms with Crippen molar-refractivity contribution in [1.29, 1.82) is 0 Å². The van der Waals surface area contributed by atoms with Gasteiger partial charge in [0.05, 0.1) is 6.20 Å². The number of amides is 1. The Morgan fingerprint density at radius 1 is 1.25 bits per heavy atom.